The zero-order chi connectivity index (χ0) is 27.4. The first-order valence-corrected chi connectivity index (χ1v) is 14.4. The van der Waals surface area contributed by atoms with E-state index in [0.717, 1.165) is 64.2 Å². The SMILES string of the molecule is CC1(C)CC(C(CCCCCCCCCC(=O)[O-])(C(=O)[O-])C2CC(C)(C)NC(C)(C)C2)CC(C)(C)N1. The van der Waals surface area contributed by atoms with E-state index < -0.39 is 17.4 Å². The van der Waals surface area contributed by atoms with E-state index in [2.05, 4.69) is 66.0 Å². The summed E-state index contributed by atoms with van der Waals surface area (Å²) in [6, 6.07) is 0. The minimum atomic E-state index is -0.970. The molecule has 2 aliphatic heterocycles. The van der Waals surface area contributed by atoms with Crippen molar-refractivity contribution < 1.29 is 19.8 Å². The number of carbonyl (C=O) groups excluding carboxylic acids is 2. The quantitative estimate of drug-likeness (QED) is 0.365. The van der Waals surface area contributed by atoms with Crippen molar-refractivity contribution in [1.29, 1.82) is 0 Å². The number of carboxylic acid groups (broad SMARTS) is 2. The van der Waals surface area contributed by atoms with Gasteiger partial charge in [-0.2, -0.15) is 0 Å². The van der Waals surface area contributed by atoms with E-state index in [0.29, 0.717) is 12.8 Å². The number of rotatable bonds is 13. The fourth-order valence-corrected chi connectivity index (χ4v) is 8.12. The molecule has 6 heteroatoms. The summed E-state index contributed by atoms with van der Waals surface area (Å²) in [5, 5.41) is 31.4. The molecule has 0 unspecified atom stereocenters. The second-order valence-electron chi connectivity index (χ2n) is 14.7. The second-order valence-corrected chi connectivity index (χ2v) is 14.7. The van der Waals surface area contributed by atoms with E-state index in [1.165, 1.54) is 0 Å². The van der Waals surface area contributed by atoms with Gasteiger partial charge in [-0.25, -0.2) is 0 Å². The van der Waals surface area contributed by atoms with Crippen LogP contribution in [0.3, 0.4) is 0 Å². The van der Waals surface area contributed by atoms with Crippen molar-refractivity contribution in [2.75, 3.05) is 0 Å². The van der Waals surface area contributed by atoms with Crippen LogP contribution in [-0.4, -0.2) is 34.1 Å². The molecule has 0 aromatic rings. The predicted molar refractivity (Wildman–Crippen MR) is 142 cm³/mol. The van der Waals surface area contributed by atoms with Crippen LogP contribution in [0, 0.1) is 17.3 Å². The Morgan fingerprint density at radius 2 is 0.972 bits per heavy atom. The molecule has 2 heterocycles. The van der Waals surface area contributed by atoms with E-state index in [4.69, 9.17) is 0 Å². The largest absolute Gasteiger partial charge is 0.550 e. The Bertz CT molecular complexity index is 686. The fraction of sp³-hybridized carbons (Fsp3) is 0.933. The zero-order valence-corrected chi connectivity index (χ0v) is 24.5. The first kappa shape index (κ1) is 31.1. The average molecular weight is 507 g/mol. The van der Waals surface area contributed by atoms with Crippen molar-refractivity contribution in [3.63, 3.8) is 0 Å². The maximum absolute atomic E-state index is 13.4. The number of nitrogens with one attached hydrogen (secondary N) is 2. The van der Waals surface area contributed by atoms with E-state index in [1.807, 2.05) is 0 Å². The molecule has 0 aromatic carbocycles. The van der Waals surface area contributed by atoms with Crippen LogP contribution in [0.25, 0.3) is 0 Å². The van der Waals surface area contributed by atoms with Crippen molar-refractivity contribution in [3.05, 3.63) is 0 Å². The number of hydrogen-bond acceptors (Lipinski definition) is 6. The van der Waals surface area contributed by atoms with Gasteiger partial charge in [0.05, 0.1) is 0 Å². The Hall–Kier alpha value is -1.14. The highest BCUT2D eigenvalue weighted by molar-refractivity contribution is 5.73. The smallest absolute Gasteiger partial charge is 0.0481 e. The van der Waals surface area contributed by atoms with Crippen LogP contribution in [0.15, 0.2) is 0 Å². The maximum Gasteiger partial charge on any atom is 0.0481 e. The fourth-order valence-electron chi connectivity index (χ4n) is 8.12. The minimum Gasteiger partial charge on any atom is -0.550 e. The molecule has 0 bridgehead atoms. The molecule has 2 fully saturated rings. The van der Waals surface area contributed by atoms with Gasteiger partial charge >= 0.3 is 0 Å². The number of unbranched alkanes of at least 4 members (excludes halogenated alkanes) is 6. The van der Waals surface area contributed by atoms with Crippen LogP contribution < -0.4 is 20.8 Å². The molecule has 2 rings (SSSR count). The van der Waals surface area contributed by atoms with Crippen LogP contribution in [0.2, 0.25) is 0 Å². The molecule has 210 valence electrons. The summed E-state index contributed by atoms with van der Waals surface area (Å²) in [5.41, 5.74) is -1.36. The summed E-state index contributed by atoms with van der Waals surface area (Å²) >= 11 is 0. The highest BCUT2D eigenvalue weighted by Gasteiger charge is 2.55. The lowest BCUT2D eigenvalue weighted by Crippen LogP contribution is -2.67. The predicted octanol–water partition coefficient (Wildman–Crippen LogP) is 4.10. The third-order valence-electron chi connectivity index (χ3n) is 8.69. The summed E-state index contributed by atoms with van der Waals surface area (Å²) in [4.78, 5) is 23.9. The van der Waals surface area contributed by atoms with Gasteiger partial charge in [0.1, 0.15) is 0 Å². The first-order chi connectivity index (χ1) is 16.4. The van der Waals surface area contributed by atoms with Crippen molar-refractivity contribution in [3.8, 4) is 0 Å². The molecular formula is C30H54N2O4-2. The Morgan fingerprint density at radius 3 is 1.31 bits per heavy atom. The zero-order valence-electron chi connectivity index (χ0n) is 24.5. The van der Waals surface area contributed by atoms with Crippen molar-refractivity contribution >= 4 is 11.9 Å². The average Bonchev–Trinajstić information content (AvgIpc) is 2.64. The summed E-state index contributed by atoms with van der Waals surface area (Å²) in [6.45, 7) is 17.6. The van der Waals surface area contributed by atoms with E-state index >= 15 is 0 Å². The normalized spacial score (nSPS) is 23.9. The number of piperidine rings is 2. The van der Waals surface area contributed by atoms with Gasteiger partial charge in [-0.1, -0.05) is 38.5 Å². The molecular weight excluding hydrogens is 452 g/mol. The van der Waals surface area contributed by atoms with Gasteiger partial charge in [0.25, 0.3) is 0 Å². The number of aliphatic carboxylic acids is 2. The lowest BCUT2D eigenvalue weighted by Gasteiger charge is -2.59. The highest BCUT2D eigenvalue weighted by Crippen LogP contribution is 2.55. The molecule has 0 spiro atoms. The molecule has 6 nitrogen and oxygen atoms in total. The molecule has 2 aliphatic rings. The summed E-state index contributed by atoms with van der Waals surface area (Å²) in [7, 11) is 0. The summed E-state index contributed by atoms with van der Waals surface area (Å²) in [5.74, 6) is -1.69. The van der Waals surface area contributed by atoms with Crippen LogP contribution in [0.4, 0.5) is 0 Å². The third-order valence-corrected chi connectivity index (χ3v) is 8.69. The van der Waals surface area contributed by atoms with Gasteiger partial charge in [-0.15, -0.1) is 0 Å². The van der Waals surface area contributed by atoms with Gasteiger partial charge in [-0.3, -0.25) is 0 Å². The minimum absolute atomic E-state index is 0.0630. The van der Waals surface area contributed by atoms with Crippen LogP contribution in [0.5, 0.6) is 0 Å². The van der Waals surface area contributed by atoms with Gasteiger partial charge in [0.2, 0.25) is 0 Å². The molecule has 0 aliphatic carbocycles. The lowest BCUT2D eigenvalue weighted by atomic mass is 9.52. The number of carboxylic acids is 2. The van der Waals surface area contributed by atoms with E-state index in [1.54, 1.807) is 0 Å². The molecule has 0 saturated carbocycles. The molecule has 2 saturated heterocycles. The molecule has 0 atom stereocenters. The molecule has 36 heavy (non-hydrogen) atoms. The van der Waals surface area contributed by atoms with Crippen LogP contribution in [-0.2, 0) is 9.59 Å². The standard InChI is InChI=1S/C30H56N2O4/c1-26(2)18-22(19-27(3,4)31-26)30(25(35)36,23-20-28(5,6)32-29(7,8)21-23)17-15-13-11-9-10-12-14-16-24(33)34/h22-23,31-32H,9-21H2,1-8H3,(H,33,34)(H,35,36)/p-2. The molecule has 0 amide bonds. The van der Waals surface area contributed by atoms with Crippen molar-refractivity contribution in [2.45, 2.75) is 161 Å². The van der Waals surface area contributed by atoms with E-state index in [9.17, 15) is 19.8 Å². The summed E-state index contributed by atoms with van der Waals surface area (Å²) in [6.07, 6.45) is 10.8. The summed E-state index contributed by atoms with van der Waals surface area (Å²) < 4.78 is 0. The van der Waals surface area contributed by atoms with Crippen LogP contribution >= 0.6 is 0 Å². The number of hydrogen-bond donors (Lipinski definition) is 2. The highest BCUT2D eigenvalue weighted by atomic mass is 16.4. The molecule has 2 N–H and O–H groups in total. The van der Waals surface area contributed by atoms with Gasteiger partial charge in [0.15, 0.2) is 0 Å². The maximum atomic E-state index is 13.4. The van der Waals surface area contributed by atoms with Gasteiger partial charge < -0.3 is 30.4 Å². The van der Waals surface area contributed by atoms with Gasteiger partial charge in [0, 0.05) is 39.5 Å². The first-order valence-electron chi connectivity index (χ1n) is 14.4. The Morgan fingerprint density at radius 1 is 0.639 bits per heavy atom. The second kappa shape index (κ2) is 11.7. The van der Waals surface area contributed by atoms with E-state index in [-0.39, 0.29) is 40.4 Å². The molecule has 0 aromatic heterocycles. The van der Waals surface area contributed by atoms with Crippen molar-refractivity contribution in [1.82, 2.24) is 10.6 Å². The number of carbonyl (C=O) groups is 2. The Balaban J connectivity index is 2.22. The van der Waals surface area contributed by atoms with Gasteiger partial charge in [-0.05, 0) is 112 Å². The third kappa shape index (κ3) is 8.72. The molecule has 0 radical (unpaired) electrons. The Kier molecular flexibility index (Phi) is 10.1. The van der Waals surface area contributed by atoms with Crippen LogP contribution in [0.1, 0.15) is 139 Å². The monoisotopic (exact) mass is 506 g/mol. The topological polar surface area (TPSA) is 104 Å². The van der Waals surface area contributed by atoms with Crippen molar-refractivity contribution in [2.24, 2.45) is 17.3 Å². The Labute approximate surface area is 220 Å². The lowest BCUT2D eigenvalue weighted by molar-refractivity contribution is -0.329.